The van der Waals surface area contributed by atoms with E-state index in [2.05, 4.69) is 53.6 Å². The molecule has 3 rings (SSSR count). The first-order chi connectivity index (χ1) is 11.0. The summed E-state index contributed by atoms with van der Waals surface area (Å²) in [5, 5.41) is 3.45. The van der Waals surface area contributed by atoms with Crippen molar-refractivity contribution in [2.24, 2.45) is 10.9 Å². The molecule has 0 aromatic heterocycles. The lowest BCUT2D eigenvalue weighted by Crippen LogP contribution is -2.36. The summed E-state index contributed by atoms with van der Waals surface area (Å²) in [4.78, 5) is 7.04. The molecule has 0 aromatic carbocycles. The summed E-state index contributed by atoms with van der Waals surface area (Å²) in [7, 11) is -0.468. The lowest BCUT2D eigenvalue weighted by atomic mass is 9.95. The van der Waals surface area contributed by atoms with Crippen molar-refractivity contribution in [2.45, 2.75) is 24.9 Å². The first-order valence-corrected chi connectivity index (χ1v) is 11.7. The molecule has 0 amide bonds. The molecule has 1 saturated heterocycles. The molecule has 0 radical (unpaired) electrons. The molecule has 0 bridgehead atoms. The van der Waals surface area contributed by atoms with Gasteiger partial charge < -0.3 is 15.0 Å². The Morgan fingerprint density at radius 3 is 3.00 bits per heavy atom. The van der Waals surface area contributed by atoms with Crippen LogP contribution in [0.1, 0.15) is 12.8 Å². The Morgan fingerprint density at radius 1 is 1.39 bits per heavy atom. The van der Waals surface area contributed by atoms with E-state index in [4.69, 9.17) is 9.73 Å². The first-order valence-electron chi connectivity index (χ1n) is 8.64. The normalized spacial score (nSPS) is 30.7. The second-order valence-corrected chi connectivity index (χ2v) is 12.3. The Morgan fingerprint density at radius 2 is 2.26 bits per heavy atom. The largest absolute Gasteiger partial charge is 0.360 e. The third-order valence-electron chi connectivity index (χ3n) is 4.77. The van der Waals surface area contributed by atoms with Crippen molar-refractivity contribution in [2.75, 3.05) is 50.9 Å². The molecule has 1 fully saturated rings. The molecule has 5 heteroatoms. The molecule has 3 aliphatic rings. The van der Waals surface area contributed by atoms with Gasteiger partial charge in [0.15, 0.2) is 0 Å². The summed E-state index contributed by atoms with van der Waals surface area (Å²) >= 11 is 0. The quantitative estimate of drug-likeness (QED) is 0.724. The SMILES string of the molecule is CS(C)(C)CCOCN1C=CC2N=CC(CC3CCNC3)=CC21. The summed E-state index contributed by atoms with van der Waals surface area (Å²) in [6.45, 7) is 3.85. The van der Waals surface area contributed by atoms with Gasteiger partial charge in [-0.2, -0.15) is 0 Å². The van der Waals surface area contributed by atoms with Crippen LogP contribution in [-0.4, -0.2) is 74.1 Å². The van der Waals surface area contributed by atoms with Gasteiger partial charge in [0.1, 0.15) is 6.73 Å². The molecule has 0 aromatic rings. The molecule has 0 aliphatic carbocycles. The van der Waals surface area contributed by atoms with Crippen molar-refractivity contribution in [3.8, 4) is 0 Å². The smallest absolute Gasteiger partial charge is 0.119 e. The molecule has 23 heavy (non-hydrogen) atoms. The molecule has 3 atom stereocenters. The molecular formula is C18H31N3OS. The monoisotopic (exact) mass is 337 g/mol. The second-order valence-electron chi connectivity index (χ2n) is 7.75. The van der Waals surface area contributed by atoms with Crippen LogP contribution in [-0.2, 0) is 4.74 Å². The van der Waals surface area contributed by atoms with Gasteiger partial charge in [0.25, 0.3) is 0 Å². The van der Waals surface area contributed by atoms with Gasteiger partial charge in [-0.1, -0.05) is 6.08 Å². The molecular weight excluding hydrogens is 306 g/mol. The molecule has 3 heterocycles. The first kappa shape index (κ1) is 17.1. The maximum absolute atomic E-state index is 5.92. The Balaban J connectivity index is 1.49. The highest BCUT2D eigenvalue weighted by Crippen LogP contribution is 2.33. The van der Waals surface area contributed by atoms with Gasteiger partial charge in [-0.25, -0.2) is 10.0 Å². The molecule has 3 aliphatic heterocycles. The van der Waals surface area contributed by atoms with Crippen molar-refractivity contribution in [1.29, 1.82) is 0 Å². The van der Waals surface area contributed by atoms with Crippen LogP contribution >= 0.6 is 10.0 Å². The van der Waals surface area contributed by atoms with Crippen LogP contribution in [0.2, 0.25) is 0 Å². The number of aliphatic imine (C=N–C) groups is 1. The predicted octanol–water partition coefficient (Wildman–Crippen LogP) is 2.23. The lowest BCUT2D eigenvalue weighted by Gasteiger charge is -2.30. The van der Waals surface area contributed by atoms with Crippen LogP contribution in [0.4, 0.5) is 0 Å². The zero-order valence-electron chi connectivity index (χ0n) is 14.7. The van der Waals surface area contributed by atoms with Crippen LogP contribution in [0.15, 0.2) is 28.9 Å². The summed E-state index contributed by atoms with van der Waals surface area (Å²) in [5.41, 5.74) is 1.40. The van der Waals surface area contributed by atoms with Crippen molar-refractivity contribution >= 4 is 16.2 Å². The van der Waals surface area contributed by atoms with Gasteiger partial charge in [-0.05, 0) is 62.3 Å². The Labute approximate surface area is 142 Å². The maximum atomic E-state index is 5.92. The van der Waals surface area contributed by atoms with Crippen LogP contribution in [0.3, 0.4) is 0 Å². The number of ether oxygens (including phenoxy) is 1. The number of nitrogens with zero attached hydrogens (tertiary/aromatic N) is 2. The zero-order chi connectivity index (χ0) is 16.3. The average Bonchev–Trinajstić information content (AvgIpc) is 3.12. The summed E-state index contributed by atoms with van der Waals surface area (Å²) in [6.07, 6.45) is 18.3. The standard InChI is InChI=1S/C18H31N3OS/c1-23(2,3)9-8-22-14-21-7-5-17-18(21)11-16(13-20-17)10-15-4-6-19-12-15/h5,7,11,13,15,17-19H,4,6,8-10,12,14H2,1-3H3. The number of rotatable bonds is 7. The molecule has 4 nitrogen and oxygen atoms in total. The van der Waals surface area contributed by atoms with Crippen LogP contribution < -0.4 is 5.32 Å². The fourth-order valence-corrected chi connectivity index (χ4v) is 3.95. The van der Waals surface area contributed by atoms with E-state index in [9.17, 15) is 0 Å². The Hall–Kier alpha value is -0.780. The van der Waals surface area contributed by atoms with Gasteiger partial charge in [-0.15, -0.1) is 0 Å². The summed E-state index contributed by atoms with van der Waals surface area (Å²) in [6, 6.07) is 0.628. The lowest BCUT2D eigenvalue weighted by molar-refractivity contribution is 0.0547. The average molecular weight is 338 g/mol. The number of hydrogen-bond acceptors (Lipinski definition) is 4. The van der Waals surface area contributed by atoms with Gasteiger partial charge in [0, 0.05) is 18.2 Å². The topological polar surface area (TPSA) is 36.9 Å². The highest BCUT2D eigenvalue weighted by atomic mass is 32.3. The third kappa shape index (κ3) is 4.85. The fraction of sp³-hybridized carbons (Fsp3) is 0.722. The molecule has 130 valence electrons. The van der Waals surface area contributed by atoms with Crippen LogP contribution in [0, 0.1) is 5.92 Å². The van der Waals surface area contributed by atoms with Crippen molar-refractivity contribution in [3.63, 3.8) is 0 Å². The van der Waals surface area contributed by atoms with Crippen LogP contribution in [0.25, 0.3) is 0 Å². The van der Waals surface area contributed by atoms with E-state index in [0.717, 1.165) is 25.5 Å². The zero-order valence-corrected chi connectivity index (χ0v) is 15.5. The maximum Gasteiger partial charge on any atom is 0.119 e. The van der Waals surface area contributed by atoms with E-state index in [-0.39, 0.29) is 6.04 Å². The van der Waals surface area contributed by atoms with E-state index in [1.807, 2.05) is 0 Å². The number of dihydropyridines is 1. The number of allylic oxidation sites excluding steroid dienone is 1. The van der Waals surface area contributed by atoms with E-state index < -0.39 is 10.0 Å². The van der Waals surface area contributed by atoms with Gasteiger partial charge in [-0.3, -0.25) is 4.99 Å². The minimum Gasteiger partial charge on any atom is -0.360 e. The van der Waals surface area contributed by atoms with E-state index in [1.54, 1.807) is 0 Å². The summed E-state index contributed by atoms with van der Waals surface area (Å²) in [5.74, 6) is 1.95. The predicted molar refractivity (Wildman–Crippen MR) is 102 cm³/mol. The molecule has 0 saturated carbocycles. The number of hydrogen-bond donors (Lipinski definition) is 1. The number of fused-ring (bicyclic) bond motifs is 1. The van der Waals surface area contributed by atoms with Crippen molar-refractivity contribution in [3.05, 3.63) is 23.9 Å². The van der Waals surface area contributed by atoms with Gasteiger partial charge in [0.2, 0.25) is 0 Å². The summed E-state index contributed by atoms with van der Waals surface area (Å²) < 4.78 is 5.92. The second kappa shape index (κ2) is 7.41. The highest BCUT2D eigenvalue weighted by Gasteiger charge is 2.30. The van der Waals surface area contributed by atoms with E-state index in [0.29, 0.717) is 12.8 Å². The Kier molecular flexibility index (Phi) is 5.49. The van der Waals surface area contributed by atoms with E-state index >= 15 is 0 Å². The minimum absolute atomic E-state index is 0.275. The highest BCUT2D eigenvalue weighted by molar-refractivity contribution is 8.32. The van der Waals surface area contributed by atoms with Gasteiger partial charge in [0.05, 0.1) is 18.7 Å². The fourth-order valence-electron chi connectivity index (χ4n) is 3.34. The van der Waals surface area contributed by atoms with Gasteiger partial charge >= 0.3 is 0 Å². The molecule has 1 N–H and O–H groups in total. The van der Waals surface area contributed by atoms with E-state index in [1.165, 1.54) is 24.3 Å². The van der Waals surface area contributed by atoms with Crippen molar-refractivity contribution < 1.29 is 4.74 Å². The minimum atomic E-state index is -0.468. The molecule has 3 unspecified atom stereocenters. The number of nitrogens with one attached hydrogen (secondary N) is 1. The van der Waals surface area contributed by atoms with Crippen molar-refractivity contribution in [1.82, 2.24) is 10.2 Å². The Bertz CT molecular complexity index is 489. The molecule has 0 spiro atoms. The van der Waals surface area contributed by atoms with Crippen LogP contribution in [0.5, 0.6) is 0 Å². The third-order valence-corrected chi connectivity index (χ3v) is 6.16.